The van der Waals surface area contributed by atoms with Crippen LogP contribution in [0, 0.1) is 11.3 Å². The van der Waals surface area contributed by atoms with Gasteiger partial charge in [-0.25, -0.2) is 5.48 Å². The van der Waals surface area contributed by atoms with Gasteiger partial charge in [0.2, 0.25) is 0 Å². The average Bonchev–Trinajstić information content (AvgIpc) is 2.19. The van der Waals surface area contributed by atoms with E-state index >= 15 is 0 Å². The molecule has 0 aliphatic carbocycles. The summed E-state index contributed by atoms with van der Waals surface area (Å²) >= 11 is 0. The Hall–Kier alpha value is -1.37. The van der Waals surface area contributed by atoms with E-state index in [1.165, 1.54) is 0 Å². The summed E-state index contributed by atoms with van der Waals surface area (Å²) in [5.41, 5.74) is 4.49. The molecule has 13 heavy (non-hydrogen) atoms. The molecule has 1 N–H and O–H groups in total. The SMILES string of the molecule is CCNOCc1ccc(C#N)cc1. The van der Waals surface area contributed by atoms with E-state index in [1.807, 2.05) is 19.1 Å². The van der Waals surface area contributed by atoms with E-state index in [9.17, 15) is 0 Å². The molecule has 1 aromatic rings. The monoisotopic (exact) mass is 176 g/mol. The van der Waals surface area contributed by atoms with Gasteiger partial charge in [-0.15, -0.1) is 0 Å². The van der Waals surface area contributed by atoms with Crippen molar-refractivity contribution in [2.24, 2.45) is 0 Å². The summed E-state index contributed by atoms with van der Waals surface area (Å²) in [7, 11) is 0. The highest BCUT2D eigenvalue weighted by atomic mass is 16.6. The van der Waals surface area contributed by atoms with E-state index in [4.69, 9.17) is 10.1 Å². The molecule has 0 fully saturated rings. The molecule has 0 aliphatic rings. The Morgan fingerprint density at radius 1 is 1.38 bits per heavy atom. The van der Waals surface area contributed by atoms with Crippen molar-refractivity contribution in [3.63, 3.8) is 0 Å². The zero-order valence-electron chi connectivity index (χ0n) is 7.58. The fraction of sp³-hybridized carbons (Fsp3) is 0.300. The van der Waals surface area contributed by atoms with Crippen LogP contribution in [0.25, 0.3) is 0 Å². The molecule has 0 atom stereocenters. The second kappa shape index (κ2) is 5.31. The molecule has 1 rings (SSSR count). The third-order valence-electron chi connectivity index (χ3n) is 1.57. The summed E-state index contributed by atoms with van der Waals surface area (Å²) in [6.07, 6.45) is 0. The van der Waals surface area contributed by atoms with Crippen molar-refractivity contribution < 1.29 is 4.84 Å². The van der Waals surface area contributed by atoms with E-state index in [0.717, 1.165) is 12.1 Å². The minimum atomic E-state index is 0.527. The molecule has 0 saturated heterocycles. The van der Waals surface area contributed by atoms with Crippen LogP contribution >= 0.6 is 0 Å². The summed E-state index contributed by atoms with van der Waals surface area (Å²) in [4.78, 5) is 5.11. The molecule has 0 bridgehead atoms. The van der Waals surface area contributed by atoms with Crippen LogP contribution in [0.15, 0.2) is 24.3 Å². The van der Waals surface area contributed by atoms with Gasteiger partial charge in [-0.3, -0.25) is 4.84 Å². The molecule has 68 valence electrons. The van der Waals surface area contributed by atoms with Crippen LogP contribution < -0.4 is 5.48 Å². The second-order valence-corrected chi connectivity index (χ2v) is 2.60. The summed E-state index contributed by atoms with van der Waals surface area (Å²) < 4.78 is 0. The molecular formula is C10H12N2O. The Bertz CT molecular complexity index is 287. The van der Waals surface area contributed by atoms with E-state index < -0.39 is 0 Å². The quantitative estimate of drug-likeness (QED) is 0.559. The molecule has 0 amide bonds. The number of benzene rings is 1. The van der Waals surface area contributed by atoms with Crippen molar-refractivity contribution in [3.05, 3.63) is 35.4 Å². The predicted molar refractivity (Wildman–Crippen MR) is 49.6 cm³/mol. The van der Waals surface area contributed by atoms with E-state index in [1.54, 1.807) is 12.1 Å². The summed E-state index contributed by atoms with van der Waals surface area (Å²) in [5.74, 6) is 0. The van der Waals surface area contributed by atoms with Gasteiger partial charge in [-0.05, 0) is 17.7 Å². The topological polar surface area (TPSA) is 45.0 Å². The first-order valence-corrected chi connectivity index (χ1v) is 4.20. The van der Waals surface area contributed by atoms with Gasteiger partial charge in [0.15, 0.2) is 0 Å². The van der Waals surface area contributed by atoms with E-state index in [-0.39, 0.29) is 0 Å². The number of hydroxylamine groups is 1. The van der Waals surface area contributed by atoms with Crippen LogP contribution in [-0.4, -0.2) is 6.54 Å². The molecule has 0 aromatic heterocycles. The van der Waals surface area contributed by atoms with Crippen LogP contribution in [0.1, 0.15) is 18.1 Å². The first kappa shape index (κ1) is 9.72. The summed E-state index contributed by atoms with van der Waals surface area (Å²) in [5, 5.41) is 8.55. The van der Waals surface area contributed by atoms with Gasteiger partial charge >= 0.3 is 0 Å². The Morgan fingerprint density at radius 3 is 2.62 bits per heavy atom. The molecule has 0 spiro atoms. The average molecular weight is 176 g/mol. The zero-order chi connectivity index (χ0) is 9.52. The highest BCUT2D eigenvalue weighted by Gasteiger charge is 1.93. The number of rotatable bonds is 4. The first-order valence-electron chi connectivity index (χ1n) is 4.20. The maximum atomic E-state index is 8.55. The lowest BCUT2D eigenvalue weighted by atomic mass is 10.2. The molecule has 0 unspecified atom stereocenters. The van der Waals surface area contributed by atoms with Crippen LogP contribution in [0.2, 0.25) is 0 Å². The van der Waals surface area contributed by atoms with Crippen molar-refractivity contribution >= 4 is 0 Å². The lowest BCUT2D eigenvalue weighted by molar-refractivity contribution is 0.0314. The minimum Gasteiger partial charge on any atom is -0.297 e. The van der Waals surface area contributed by atoms with Crippen LogP contribution in [0.5, 0.6) is 0 Å². The Morgan fingerprint density at radius 2 is 2.08 bits per heavy atom. The van der Waals surface area contributed by atoms with Gasteiger partial charge in [0.1, 0.15) is 0 Å². The minimum absolute atomic E-state index is 0.527. The molecule has 0 heterocycles. The normalized spacial score (nSPS) is 9.54. The highest BCUT2D eigenvalue weighted by molar-refractivity contribution is 5.31. The van der Waals surface area contributed by atoms with Gasteiger partial charge in [0, 0.05) is 6.54 Å². The second-order valence-electron chi connectivity index (χ2n) is 2.60. The molecule has 0 aliphatic heterocycles. The lowest BCUT2D eigenvalue weighted by Gasteiger charge is -2.02. The molecule has 1 aromatic carbocycles. The predicted octanol–water partition coefficient (Wildman–Crippen LogP) is 1.60. The highest BCUT2D eigenvalue weighted by Crippen LogP contribution is 2.03. The third kappa shape index (κ3) is 3.24. The van der Waals surface area contributed by atoms with Gasteiger partial charge in [0.25, 0.3) is 0 Å². The molecular weight excluding hydrogens is 164 g/mol. The largest absolute Gasteiger partial charge is 0.297 e. The number of hydrogen-bond acceptors (Lipinski definition) is 3. The van der Waals surface area contributed by atoms with E-state index in [2.05, 4.69) is 11.5 Å². The van der Waals surface area contributed by atoms with Crippen LogP contribution in [0.3, 0.4) is 0 Å². The fourth-order valence-electron chi connectivity index (χ4n) is 0.912. The van der Waals surface area contributed by atoms with Crippen molar-refractivity contribution in [2.75, 3.05) is 6.54 Å². The summed E-state index contributed by atoms with van der Waals surface area (Å²) in [6.45, 7) is 3.29. The van der Waals surface area contributed by atoms with Crippen molar-refractivity contribution in [1.29, 1.82) is 5.26 Å². The Labute approximate surface area is 77.9 Å². The maximum absolute atomic E-state index is 8.55. The smallest absolute Gasteiger partial charge is 0.0991 e. The third-order valence-corrected chi connectivity index (χ3v) is 1.57. The molecule has 3 nitrogen and oxygen atoms in total. The summed E-state index contributed by atoms with van der Waals surface area (Å²) in [6, 6.07) is 9.40. The van der Waals surface area contributed by atoms with Crippen LogP contribution in [0.4, 0.5) is 0 Å². The lowest BCUT2D eigenvalue weighted by Crippen LogP contribution is -2.12. The van der Waals surface area contributed by atoms with Gasteiger partial charge < -0.3 is 0 Å². The maximum Gasteiger partial charge on any atom is 0.0991 e. The van der Waals surface area contributed by atoms with E-state index in [0.29, 0.717) is 12.2 Å². The van der Waals surface area contributed by atoms with Crippen molar-refractivity contribution in [1.82, 2.24) is 5.48 Å². The van der Waals surface area contributed by atoms with Crippen LogP contribution in [-0.2, 0) is 11.4 Å². The standard InChI is InChI=1S/C10H12N2O/c1-2-12-13-8-10-5-3-9(7-11)4-6-10/h3-6,12H,2,8H2,1H3. The number of nitrogens with zero attached hydrogens (tertiary/aromatic N) is 1. The number of nitriles is 1. The molecule has 0 saturated carbocycles. The zero-order valence-corrected chi connectivity index (χ0v) is 7.58. The fourth-order valence-corrected chi connectivity index (χ4v) is 0.912. The Balaban J connectivity index is 2.46. The number of nitrogens with one attached hydrogen (secondary N) is 1. The number of hydrogen-bond donors (Lipinski definition) is 1. The van der Waals surface area contributed by atoms with Gasteiger partial charge in [-0.2, -0.15) is 5.26 Å². The van der Waals surface area contributed by atoms with Crippen molar-refractivity contribution in [2.45, 2.75) is 13.5 Å². The van der Waals surface area contributed by atoms with Crippen molar-refractivity contribution in [3.8, 4) is 6.07 Å². The molecule has 0 radical (unpaired) electrons. The molecule has 3 heteroatoms. The first-order chi connectivity index (χ1) is 6.36. The van der Waals surface area contributed by atoms with Gasteiger partial charge in [0.05, 0.1) is 18.2 Å². The van der Waals surface area contributed by atoms with Gasteiger partial charge in [-0.1, -0.05) is 19.1 Å². The Kier molecular flexibility index (Phi) is 3.97.